The van der Waals surface area contributed by atoms with E-state index in [9.17, 15) is 4.79 Å². The maximum Gasteiger partial charge on any atom is 0.223 e. The third kappa shape index (κ3) is 3.08. The third-order valence-electron chi connectivity index (χ3n) is 4.19. The van der Waals surface area contributed by atoms with Gasteiger partial charge in [0.15, 0.2) is 0 Å². The van der Waals surface area contributed by atoms with E-state index in [0.717, 1.165) is 49.3 Å². The second kappa shape index (κ2) is 6.26. The number of hydrogen-bond donors (Lipinski definition) is 2. The van der Waals surface area contributed by atoms with Gasteiger partial charge in [0.2, 0.25) is 5.91 Å². The van der Waals surface area contributed by atoms with Crippen LogP contribution in [-0.2, 0) is 11.3 Å². The van der Waals surface area contributed by atoms with Gasteiger partial charge in [0.05, 0.1) is 11.0 Å². The van der Waals surface area contributed by atoms with Crippen LogP contribution < -0.4 is 10.6 Å². The summed E-state index contributed by atoms with van der Waals surface area (Å²) < 4.78 is 2.16. The number of carbonyl (C=O) groups excluding carboxylic acids is 1. The number of para-hydroxylation sites is 2. The predicted molar refractivity (Wildman–Crippen MR) is 83.1 cm³/mol. The Morgan fingerprint density at radius 3 is 2.95 bits per heavy atom. The minimum Gasteiger partial charge on any atom is -0.354 e. The quantitative estimate of drug-likeness (QED) is 0.894. The van der Waals surface area contributed by atoms with Crippen molar-refractivity contribution in [2.45, 2.75) is 26.3 Å². The minimum absolute atomic E-state index is 0.173. The van der Waals surface area contributed by atoms with E-state index in [4.69, 9.17) is 0 Å². The summed E-state index contributed by atoms with van der Waals surface area (Å²) in [6.07, 6.45) is 1.89. The molecule has 1 saturated heterocycles. The average molecular weight is 286 g/mol. The van der Waals surface area contributed by atoms with Crippen molar-refractivity contribution >= 4 is 16.9 Å². The molecule has 0 atom stereocenters. The summed E-state index contributed by atoms with van der Waals surface area (Å²) in [7, 11) is 0. The molecule has 0 unspecified atom stereocenters. The summed E-state index contributed by atoms with van der Waals surface area (Å²) in [6, 6.07) is 8.11. The standard InChI is InChI=1S/C16H22N4O/c1-12-19-14-4-2-3-5-15(14)20(12)11-10-18-16(21)13-6-8-17-9-7-13/h2-5,13,17H,6-11H2,1H3,(H,18,21). The van der Waals surface area contributed by atoms with Crippen molar-refractivity contribution in [1.82, 2.24) is 20.2 Å². The highest BCUT2D eigenvalue weighted by molar-refractivity contribution is 5.79. The van der Waals surface area contributed by atoms with Crippen LogP contribution in [0.1, 0.15) is 18.7 Å². The molecular formula is C16H22N4O. The van der Waals surface area contributed by atoms with Gasteiger partial charge in [-0.15, -0.1) is 0 Å². The summed E-state index contributed by atoms with van der Waals surface area (Å²) in [4.78, 5) is 16.7. The Kier molecular flexibility index (Phi) is 4.20. The number of benzene rings is 1. The van der Waals surface area contributed by atoms with E-state index in [1.165, 1.54) is 0 Å². The molecule has 2 aromatic rings. The number of amides is 1. The van der Waals surface area contributed by atoms with Crippen LogP contribution in [0.2, 0.25) is 0 Å². The summed E-state index contributed by atoms with van der Waals surface area (Å²) in [5.74, 6) is 1.36. The van der Waals surface area contributed by atoms with Crippen molar-refractivity contribution in [1.29, 1.82) is 0 Å². The first-order valence-electron chi connectivity index (χ1n) is 7.66. The maximum atomic E-state index is 12.1. The first-order valence-corrected chi connectivity index (χ1v) is 7.66. The van der Waals surface area contributed by atoms with Crippen molar-refractivity contribution in [3.63, 3.8) is 0 Å². The molecule has 1 aromatic carbocycles. The molecule has 1 aliphatic rings. The van der Waals surface area contributed by atoms with Crippen LogP contribution in [0.25, 0.3) is 11.0 Å². The molecule has 1 fully saturated rings. The molecular weight excluding hydrogens is 264 g/mol. The smallest absolute Gasteiger partial charge is 0.223 e. The number of piperidine rings is 1. The zero-order valence-corrected chi connectivity index (χ0v) is 12.4. The third-order valence-corrected chi connectivity index (χ3v) is 4.19. The van der Waals surface area contributed by atoms with Gasteiger partial charge in [0, 0.05) is 19.0 Å². The molecule has 2 N–H and O–H groups in total. The molecule has 1 aliphatic heterocycles. The second-order valence-electron chi connectivity index (χ2n) is 5.61. The van der Waals surface area contributed by atoms with Crippen LogP contribution >= 0.6 is 0 Å². The Balaban J connectivity index is 1.59. The van der Waals surface area contributed by atoms with Gasteiger partial charge in [-0.25, -0.2) is 4.98 Å². The summed E-state index contributed by atoms with van der Waals surface area (Å²) in [6.45, 7) is 5.33. The molecule has 1 amide bonds. The summed E-state index contributed by atoms with van der Waals surface area (Å²) >= 11 is 0. The molecule has 5 nitrogen and oxygen atoms in total. The second-order valence-corrected chi connectivity index (χ2v) is 5.61. The fraction of sp³-hybridized carbons (Fsp3) is 0.500. The molecule has 21 heavy (non-hydrogen) atoms. The summed E-state index contributed by atoms with van der Waals surface area (Å²) in [5, 5.41) is 6.35. The Hall–Kier alpha value is -1.88. The number of fused-ring (bicyclic) bond motifs is 1. The lowest BCUT2D eigenvalue weighted by atomic mass is 9.97. The van der Waals surface area contributed by atoms with E-state index in [-0.39, 0.29) is 11.8 Å². The minimum atomic E-state index is 0.173. The molecule has 1 aromatic heterocycles. The number of hydrogen-bond acceptors (Lipinski definition) is 3. The van der Waals surface area contributed by atoms with Gasteiger partial charge < -0.3 is 15.2 Å². The van der Waals surface area contributed by atoms with Crippen LogP contribution in [0.5, 0.6) is 0 Å². The largest absolute Gasteiger partial charge is 0.354 e. The van der Waals surface area contributed by atoms with Gasteiger partial charge >= 0.3 is 0 Å². The van der Waals surface area contributed by atoms with Crippen molar-refractivity contribution in [3.8, 4) is 0 Å². The number of aryl methyl sites for hydroxylation is 1. The predicted octanol–water partition coefficient (Wildman–Crippen LogP) is 1.46. The maximum absolute atomic E-state index is 12.1. The Labute approximate surface area is 124 Å². The molecule has 0 radical (unpaired) electrons. The summed E-state index contributed by atoms with van der Waals surface area (Å²) in [5.41, 5.74) is 2.14. The normalized spacial score (nSPS) is 16.2. The lowest BCUT2D eigenvalue weighted by Gasteiger charge is -2.21. The van der Waals surface area contributed by atoms with E-state index in [1.54, 1.807) is 0 Å². The Morgan fingerprint density at radius 1 is 1.38 bits per heavy atom. The fourth-order valence-corrected chi connectivity index (χ4v) is 3.00. The van der Waals surface area contributed by atoms with E-state index in [2.05, 4.69) is 26.3 Å². The number of nitrogens with one attached hydrogen (secondary N) is 2. The first kappa shape index (κ1) is 14.1. The number of nitrogens with zero attached hydrogens (tertiary/aromatic N) is 2. The molecule has 0 aliphatic carbocycles. The molecule has 5 heteroatoms. The van der Waals surface area contributed by atoms with Gasteiger partial charge in [0.1, 0.15) is 5.82 Å². The fourth-order valence-electron chi connectivity index (χ4n) is 3.00. The van der Waals surface area contributed by atoms with Gasteiger partial charge in [-0.1, -0.05) is 12.1 Å². The monoisotopic (exact) mass is 286 g/mol. The van der Waals surface area contributed by atoms with Crippen molar-refractivity contribution in [2.75, 3.05) is 19.6 Å². The molecule has 112 valence electrons. The van der Waals surface area contributed by atoms with Gasteiger partial charge in [-0.05, 0) is 45.0 Å². The highest BCUT2D eigenvalue weighted by atomic mass is 16.1. The van der Waals surface area contributed by atoms with Crippen molar-refractivity contribution in [3.05, 3.63) is 30.1 Å². The average Bonchev–Trinajstić information content (AvgIpc) is 2.84. The van der Waals surface area contributed by atoms with Crippen molar-refractivity contribution < 1.29 is 4.79 Å². The van der Waals surface area contributed by atoms with E-state index in [0.29, 0.717) is 6.54 Å². The highest BCUT2D eigenvalue weighted by Crippen LogP contribution is 2.15. The highest BCUT2D eigenvalue weighted by Gasteiger charge is 2.20. The van der Waals surface area contributed by atoms with Crippen LogP contribution in [0.4, 0.5) is 0 Å². The molecule has 0 bridgehead atoms. The SMILES string of the molecule is Cc1nc2ccccc2n1CCNC(=O)C1CCNCC1. The van der Waals surface area contributed by atoms with Gasteiger partial charge in [-0.2, -0.15) is 0 Å². The lowest BCUT2D eigenvalue weighted by molar-refractivity contribution is -0.125. The first-order chi connectivity index (χ1) is 10.3. The van der Waals surface area contributed by atoms with E-state index >= 15 is 0 Å². The number of aromatic nitrogens is 2. The van der Waals surface area contributed by atoms with E-state index < -0.39 is 0 Å². The number of carbonyl (C=O) groups is 1. The Bertz CT molecular complexity index is 628. The van der Waals surface area contributed by atoms with Gasteiger partial charge in [0.25, 0.3) is 0 Å². The number of imidazole rings is 1. The molecule has 2 heterocycles. The van der Waals surface area contributed by atoms with Crippen LogP contribution in [0, 0.1) is 12.8 Å². The van der Waals surface area contributed by atoms with E-state index in [1.807, 2.05) is 25.1 Å². The molecule has 0 saturated carbocycles. The van der Waals surface area contributed by atoms with Crippen LogP contribution in [0.3, 0.4) is 0 Å². The Morgan fingerprint density at radius 2 is 2.14 bits per heavy atom. The lowest BCUT2D eigenvalue weighted by Crippen LogP contribution is -2.39. The van der Waals surface area contributed by atoms with Gasteiger partial charge in [-0.3, -0.25) is 4.79 Å². The molecule has 0 spiro atoms. The zero-order chi connectivity index (χ0) is 14.7. The van der Waals surface area contributed by atoms with Crippen molar-refractivity contribution in [2.24, 2.45) is 5.92 Å². The van der Waals surface area contributed by atoms with Crippen LogP contribution in [-0.4, -0.2) is 35.1 Å². The number of rotatable bonds is 4. The zero-order valence-electron chi connectivity index (χ0n) is 12.4. The van der Waals surface area contributed by atoms with Crippen LogP contribution in [0.15, 0.2) is 24.3 Å². The molecule has 3 rings (SSSR count). The topological polar surface area (TPSA) is 59.0 Å².